The summed E-state index contributed by atoms with van der Waals surface area (Å²) in [4.78, 5) is 14.1. The predicted octanol–water partition coefficient (Wildman–Crippen LogP) is 4.35. The number of hydrogen-bond donors (Lipinski definition) is 1. The molecule has 1 atom stereocenters. The van der Waals surface area contributed by atoms with Crippen LogP contribution in [0, 0.1) is 5.92 Å². The highest BCUT2D eigenvalue weighted by Gasteiger charge is 2.35. The minimum Gasteiger partial charge on any atom is -0.361 e. The van der Waals surface area contributed by atoms with Crippen molar-refractivity contribution in [2.45, 2.75) is 62.6 Å². The fourth-order valence-electron chi connectivity index (χ4n) is 5.28. The lowest BCUT2D eigenvalue weighted by Crippen LogP contribution is -2.43. The van der Waals surface area contributed by atoms with Crippen molar-refractivity contribution >= 4 is 15.7 Å². The van der Waals surface area contributed by atoms with E-state index in [-0.39, 0.29) is 10.9 Å². The van der Waals surface area contributed by atoms with Gasteiger partial charge in [0.05, 0.1) is 18.6 Å². The Hall–Kier alpha value is -2.71. The maximum atomic E-state index is 13.6. The number of fused-ring (bicyclic) bond motifs is 1. The molecule has 33 heavy (non-hydrogen) atoms. The standard InChI is InChI=1S/C25H31N5O2S/c31-33(32,24-9-5-13-26-15-24)29-16-21-8-3-4-10-25(21)30(17-22-14-27-19-28-22)23(18-29)12-11-20-6-1-2-7-20/h3-5,8-10,13-15,19-20,23H,1-2,6-7,11-12,16-18H2,(H,27,28)/t23-/m1/s1. The predicted molar refractivity (Wildman–Crippen MR) is 128 cm³/mol. The third kappa shape index (κ3) is 4.82. The lowest BCUT2D eigenvalue weighted by molar-refractivity contribution is 0.350. The Bertz CT molecular complexity index is 1140. The van der Waals surface area contributed by atoms with E-state index in [9.17, 15) is 8.42 Å². The first kappa shape index (κ1) is 22.1. The number of anilines is 1. The number of rotatable bonds is 7. The van der Waals surface area contributed by atoms with Crippen molar-refractivity contribution in [1.82, 2.24) is 19.3 Å². The molecule has 3 aromatic rings. The highest BCUT2D eigenvalue weighted by Crippen LogP contribution is 2.35. The van der Waals surface area contributed by atoms with E-state index in [4.69, 9.17) is 0 Å². The van der Waals surface area contributed by atoms with Crippen molar-refractivity contribution < 1.29 is 8.42 Å². The van der Waals surface area contributed by atoms with Crippen molar-refractivity contribution in [3.8, 4) is 0 Å². The molecule has 2 aliphatic rings. The number of sulfonamides is 1. The van der Waals surface area contributed by atoms with E-state index in [0.717, 1.165) is 35.7 Å². The summed E-state index contributed by atoms with van der Waals surface area (Å²) in [5.74, 6) is 0.751. The minimum absolute atomic E-state index is 0.0731. The van der Waals surface area contributed by atoms with Crippen LogP contribution in [0.1, 0.15) is 49.8 Å². The molecular formula is C25H31N5O2S. The molecule has 2 aromatic heterocycles. The molecule has 1 aromatic carbocycles. The van der Waals surface area contributed by atoms with Crippen LogP contribution in [0.15, 0.2) is 66.2 Å². The van der Waals surface area contributed by atoms with E-state index in [2.05, 4.69) is 25.9 Å². The first-order valence-corrected chi connectivity index (χ1v) is 13.3. The molecule has 7 nitrogen and oxygen atoms in total. The summed E-state index contributed by atoms with van der Waals surface area (Å²) in [6.07, 6.45) is 13.9. The average molecular weight is 466 g/mol. The fourth-order valence-corrected chi connectivity index (χ4v) is 6.70. The average Bonchev–Trinajstić information content (AvgIpc) is 3.52. The Morgan fingerprint density at radius 3 is 2.61 bits per heavy atom. The summed E-state index contributed by atoms with van der Waals surface area (Å²) in [6.45, 7) is 1.48. The molecule has 8 heteroatoms. The third-order valence-corrected chi connectivity index (χ3v) is 8.85. The van der Waals surface area contributed by atoms with Gasteiger partial charge in [0.25, 0.3) is 0 Å². The number of nitrogens with zero attached hydrogens (tertiary/aromatic N) is 4. The van der Waals surface area contributed by atoms with Crippen molar-refractivity contribution in [2.75, 3.05) is 11.4 Å². The van der Waals surface area contributed by atoms with E-state index >= 15 is 0 Å². The van der Waals surface area contributed by atoms with Crippen LogP contribution < -0.4 is 4.90 Å². The number of nitrogens with one attached hydrogen (secondary N) is 1. The van der Waals surface area contributed by atoms with Crippen LogP contribution >= 0.6 is 0 Å². The van der Waals surface area contributed by atoms with Crippen molar-refractivity contribution in [2.24, 2.45) is 5.92 Å². The Morgan fingerprint density at radius 2 is 1.85 bits per heavy atom. The van der Waals surface area contributed by atoms with Gasteiger partial charge in [0.15, 0.2) is 0 Å². The van der Waals surface area contributed by atoms with Crippen LogP contribution in [-0.4, -0.2) is 40.3 Å². The van der Waals surface area contributed by atoms with E-state index < -0.39 is 10.0 Å². The highest BCUT2D eigenvalue weighted by molar-refractivity contribution is 7.89. The molecule has 5 rings (SSSR count). The topological polar surface area (TPSA) is 82.2 Å². The van der Waals surface area contributed by atoms with Gasteiger partial charge in [-0.3, -0.25) is 4.98 Å². The second kappa shape index (κ2) is 9.65. The number of pyridine rings is 1. The van der Waals surface area contributed by atoms with E-state index in [0.29, 0.717) is 19.6 Å². The van der Waals surface area contributed by atoms with Crippen LogP contribution in [0.3, 0.4) is 0 Å². The first-order chi connectivity index (χ1) is 16.1. The molecule has 0 amide bonds. The molecule has 0 bridgehead atoms. The number of aromatic nitrogens is 3. The van der Waals surface area contributed by atoms with Gasteiger partial charge in [-0.05, 0) is 42.5 Å². The molecule has 0 unspecified atom stereocenters. The van der Waals surface area contributed by atoms with Gasteiger partial charge in [-0.1, -0.05) is 43.9 Å². The summed E-state index contributed by atoms with van der Waals surface area (Å²) in [5, 5.41) is 0. The van der Waals surface area contributed by atoms with Crippen LogP contribution in [0.25, 0.3) is 0 Å². The van der Waals surface area contributed by atoms with Gasteiger partial charge < -0.3 is 9.88 Å². The summed E-state index contributed by atoms with van der Waals surface area (Å²) in [7, 11) is -3.66. The van der Waals surface area contributed by atoms with E-state index in [1.807, 2.05) is 24.4 Å². The van der Waals surface area contributed by atoms with Crippen LogP contribution in [-0.2, 0) is 23.1 Å². The number of imidazole rings is 1. The molecule has 0 radical (unpaired) electrons. The zero-order valence-corrected chi connectivity index (χ0v) is 19.6. The Morgan fingerprint density at radius 1 is 1.00 bits per heavy atom. The summed E-state index contributed by atoms with van der Waals surface area (Å²) >= 11 is 0. The number of para-hydroxylation sites is 1. The summed E-state index contributed by atoms with van der Waals surface area (Å²) in [6, 6.07) is 11.6. The quantitative estimate of drug-likeness (QED) is 0.561. The van der Waals surface area contributed by atoms with Gasteiger partial charge in [-0.2, -0.15) is 4.31 Å². The second-order valence-corrected chi connectivity index (χ2v) is 11.1. The number of H-pyrrole nitrogens is 1. The smallest absolute Gasteiger partial charge is 0.244 e. The normalized spacial score (nSPS) is 20.0. The monoisotopic (exact) mass is 465 g/mol. The van der Waals surface area contributed by atoms with Crippen LogP contribution in [0.5, 0.6) is 0 Å². The number of hydrogen-bond acceptors (Lipinski definition) is 5. The number of benzene rings is 1. The minimum atomic E-state index is -3.66. The number of aromatic amines is 1. The lowest BCUT2D eigenvalue weighted by Gasteiger charge is -2.34. The highest BCUT2D eigenvalue weighted by atomic mass is 32.2. The van der Waals surface area contributed by atoms with Gasteiger partial charge >= 0.3 is 0 Å². The third-order valence-electron chi connectivity index (χ3n) is 7.05. The molecule has 0 spiro atoms. The van der Waals surface area contributed by atoms with E-state index in [1.165, 1.54) is 31.9 Å². The summed E-state index contributed by atoms with van der Waals surface area (Å²) < 4.78 is 28.9. The Kier molecular flexibility index (Phi) is 6.46. The first-order valence-electron chi connectivity index (χ1n) is 11.8. The van der Waals surface area contributed by atoms with Gasteiger partial charge in [0.2, 0.25) is 10.0 Å². The van der Waals surface area contributed by atoms with Gasteiger partial charge in [-0.15, -0.1) is 0 Å². The SMILES string of the molecule is O=S(=O)(c1cccnc1)N1Cc2ccccc2N(Cc2cnc[nH]2)[C@H](CCC2CCCC2)C1. The molecule has 0 saturated heterocycles. The molecule has 3 heterocycles. The lowest BCUT2D eigenvalue weighted by atomic mass is 9.97. The van der Waals surface area contributed by atoms with Crippen molar-refractivity contribution in [3.05, 3.63) is 72.6 Å². The maximum absolute atomic E-state index is 13.6. The van der Waals surface area contributed by atoms with Crippen molar-refractivity contribution in [3.63, 3.8) is 0 Å². The zero-order valence-electron chi connectivity index (χ0n) is 18.8. The Balaban J connectivity index is 1.51. The zero-order chi connectivity index (χ0) is 22.7. The van der Waals surface area contributed by atoms with Gasteiger partial charge in [0.1, 0.15) is 4.90 Å². The van der Waals surface area contributed by atoms with E-state index in [1.54, 1.807) is 29.0 Å². The molecule has 1 fully saturated rings. The molecule has 1 N–H and O–H groups in total. The van der Waals surface area contributed by atoms with Gasteiger partial charge in [0, 0.05) is 43.4 Å². The van der Waals surface area contributed by atoms with Gasteiger partial charge in [-0.25, -0.2) is 13.4 Å². The second-order valence-electron chi connectivity index (χ2n) is 9.20. The molecule has 1 aliphatic carbocycles. The maximum Gasteiger partial charge on any atom is 0.244 e. The van der Waals surface area contributed by atoms with Crippen LogP contribution in [0.4, 0.5) is 5.69 Å². The Labute approximate surface area is 195 Å². The fraction of sp³-hybridized carbons (Fsp3) is 0.440. The molecular weight excluding hydrogens is 434 g/mol. The molecule has 1 saturated carbocycles. The van der Waals surface area contributed by atoms with Crippen molar-refractivity contribution in [1.29, 1.82) is 0 Å². The van der Waals surface area contributed by atoms with Crippen LogP contribution in [0.2, 0.25) is 0 Å². The molecule has 174 valence electrons. The summed E-state index contributed by atoms with van der Waals surface area (Å²) in [5.41, 5.74) is 3.15. The molecule has 1 aliphatic heterocycles. The largest absolute Gasteiger partial charge is 0.361 e.